The number of nitrogens with two attached hydrogens (primary N) is 1. The van der Waals surface area contributed by atoms with E-state index in [-0.39, 0.29) is 18.0 Å². The number of nitrogens with one attached hydrogen (secondary N) is 1. The fourth-order valence-electron chi connectivity index (χ4n) is 2.09. The van der Waals surface area contributed by atoms with Crippen LogP contribution in [0, 0.1) is 5.82 Å². The first kappa shape index (κ1) is 15.2. The van der Waals surface area contributed by atoms with E-state index in [1.54, 1.807) is 0 Å². The summed E-state index contributed by atoms with van der Waals surface area (Å²) in [7, 11) is -7.38. The van der Waals surface area contributed by atoms with Gasteiger partial charge in [0.1, 0.15) is 10.7 Å². The van der Waals surface area contributed by atoms with Crippen molar-refractivity contribution in [2.45, 2.75) is 23.0 Å². The molecule has 1 aromatic carbocycles. The van der Waals surface area contributed by atoms with Crippen molar-refractivity contribution in [1.82, 2.24) is 4.72 Å². The second-order valence-electron chi connectivity index (χ2n) is 4.67. The molecule has 1 unspecified atom stereocenters. The van der Waals surface area contributed by atoms with Crippen LogP contribution in [0.4, 0.5) is 10.1 Å². The molecule has 2 rings (SSSR count). The molecule has 20 heavy (non-hydrogen) atoms. The van der Waals surface area contributed by atoms with Crippen LogP contribution in [0.1, 0.15) is 12.8 Å². The van der Waals surface area contributed by atoms with E-state index < -0.39 is 35.8 Å². The molecule has 112 valence electrons. The molecule has 1 aliphatic rings. The number of halogens is 1. The molecule has 6 nitrogen and oxygen atoms in total. The van der Waals surface area contributed by atoms with E-state index in [4.69, 9.17) is 5.73 Å². The van der Waals surface area contributed by atoms with Crippen LogP contribution in [0.2, 0.25) is 0 Å². The lowest BCUT2D eigenvalue weighted by molar-refractivity contribution is 0.553. The summed E-state index contributed by atoms with van der Waals surface area (Å²) in [6, 6.07) is 3.20. The minimum Gasteiger partial charge on any atom is -0.399 e. The molecule has 0 spiro atoms. The Labute approximate surface area is 117 Å². The van der Waals surface area contributed by atoms with E-state index in [9.17, 15) is 21.2 Å². The predicted molar refractivity (Wildman–Crippen MR) is 72.8 cm³/mol. The molecule has 1 aromatic rings. The zero-order chi connectivity index (χ0) is 15.0. The van der Waals surface area contributed by atoms with Crippen LogP contribution >= 0.6 is 0 Å². The van der Waals surface area contributed by atoms with E-state index in [0.717, 1.165) is 12.1 Å². The Balaban J connectivity index is 2.18. The smallest absolute Gasteiger partial charge is 0.243 e. The van der Waals surface area contributed by atoms with E-state index in [1.165, 1.54) is 6.07 Å². The Bertz CT molecular complexity index is 716. The summed E-state index contributed by atoms with van der Waals surface area (Å²) < 4.78 is 62.8. The van der Waals surface area contributed by atoms with Crippen molar-refractivity contribution in [3.05, 3.63) is 24.0 Å². The Hall–Kier alpha value is -1.19. The number of nitrogen functional groups attached to an aromatic ring is 1. The molecule has 0 bridgehead atoms. The lowest BCUT2D eigenvalue weighted by Gasteiger charge is -2.12. The average Bonchev–Trinajstić information content (AvgIpc) is 2.69. The highest BCUT2D eigenvalue weighted by molar-refractivity contribution is 7.92. The predicted octanol–water partition coefficient (Wildman–Crippen LogP) is 0.263. The topological polar surface area (TPSA) is 106 Å². The summed E-state index contributed by atoms with van der Waals surface area (Å²) >= 11 is 0. The van der Waals surface area contributed by atoms with Crippen LogP contribution in [0.15, 0.2) is 23.1 Å². The summed E-state index contributed by atoms with van der Waals surface area (Å²) in [6.45, 7) is -0.251. The molecule has 0 aliphatic carbocycles. The average molecular weight is 322 g/mol. The third-order valence-corrected chi connectivity index (χ3v) is 6.92. The second-order valence-corrected chi connectivity index (χ2v) is 8.81. The lowest BCUT2D eigenvalue weighted by Crippen LogP contribution is -2.35. The first-order valence-corrected chi connectivity index (χ1v) is 9.18. The van der Waals surface area contributed by atoms with Crippen LogP contribution in [-0.4, -0.2) is 34.4 Å². The third-order valence-electron chi connectivity index (χ3n) is 3.21. The number of rotatable bonds is 4. The van der Waals surface area contributed by atoms with Crippen molar-refractivity contribution in [2.75, 3.05) is 18.0 Å². The Morgan fingerprint density at radius 3 is 2.70 bits per heavy atom. The van der Waals surface area contributed by atoms with E-state index in [1.807, 2.05) is 0 Å². The van der Waals surface area contributed by atoms with Gasteiger partial charge in [-0.3, -0.25) is 0 Å². The molecule has 9 heteroatoms. The summed E-state index contributed by atoms with van der Waals surface area (Å²) in [5, 5.41) is -0.749. The van der Waals surface area contributed by atoms with Crippen molar-refractivity contribution < 1.29 is 21.2 Å². The van der Waals surface area contributed by atoms with Crippen LogP contribution < -0.4 is 10.5 Å². The monoisotopic (exact) mass is 322 g/mol. The highest BCUT2D eigenvalue weighted by Crippen LogP contribution is 2.21. The molecule has 0 saturated carbocycles. The van der Waals surface area contributed by atoms with Gasteiger partial charge in [-0.15, -0.1) is 0 Å². The van der Waals surface area contributed by atoms with Gasteiger partial charge < -0.3 is 5.73 Å². The Kier molecular flexibility index (Phi) is 4.03. The molecule has 1 heterocycles. The van der Waals surface area contributed by atoms with Gasteiger partial charge in [-0.1, -0.05) is 0 Å². The SMILES string of the molecule is Nc1ccc(F)c(S(=O)(=O)NCC2CCCS2(=O)=O)c1. The molecule has 0 aromatic heterocycles. The summed E-state index contributed by atoms with van der Waals surface area (Å²) in [5.74, 6) is -0.868. The number of sulfone groups is 1. The molecule has 1 aliphatic heterocycles. The molecular formula is C11H15FN2O4S2. The van der Waals surface area contributed by atoms with Crippen molar-refractivity contribution in [1.29, 1.82) is 0 Å². The van der Waals surface area contributed by atoms with Crippen molar-refractivity contribution in [3.63, 3.8) is 0 Å². The maximum Gasteiger partial charge on any atom is 0.243 e. The minimum absolute atomic E-state index is 0.0615. The summed E-state index contributed by atoms with van der Waals surface area (Å²) in [6.07, 6.45) is 0.922. The van der Waals surface area contributed by atoms with Crippen LogP contribution in [-0.2, 0) is 19.9 Å². The highest BCUT2D eigenvalue weighted by atomic mass is 32.2. The normalized spacial score (nSPS) is 21.9. The molecule has 1 saturated heterocycles. The molecule has 1 fully saturated rings. The fourth-order valence-corrected chi connectivity index (χ4v) is 5.16. The quantitative estimate of drug-likeness (QED) is 0.774. The van der Waals surface area contributed by atoms with Crippen molar-refractivity contribution >= 4 is 25.5 Å². The minimum atomic E-state index is -4.12. The van der Waals surface area contributed by atoms with E-state index in [2.05, 4.69) is 4.72 Å². The second kappa shape index (κ2) is 5.30. The van der Waals surface area contributed by atoms with Crippen molar-refractivity contribution in [3.8, 4) is 0 Å². The molecular weight excluding hydrogens is 307 g/mol. The van der Waals surface area contributed by atoms with Gasteiger partial charge in [0.15, 0.2) is 9.84 Å². The standard InChI is InChI=1S/C11H15FN2O4S2/c12-10-4-3-8(13)6-11(10)20(17,18)14-7-9-2-1-5-19(9,15)16/h3-4,6,9,14H,1-2,5,7,13H2. The largest absolute Gasteiger partial charge is 0.399 e. The molecule has 3 N–H and O–H groups in total. The molecule has 0 radical (unpaired) electrons. The van der Waals surface area contributed by atoms with Gasteiger partial charge in [-0.25, -0.2) is 25.9 Å². The van der Waals surface area contributed by atoms with Gasteiger partial charge >= 0.3 is 0 Å². The van der Waals surface area contributed by atoms with E-state index in [0.29, 0.717) is 12.8 Å². The molecule has 0 amide bonds. The van der Waals surface area contributed by atoms with Gasteiger partial charge in [-0.05, 0) is 31.0 Å². The number of hydrogen-bond donors (Lipinski definition) is 2. The zero-order valence-corrected chi connectivity index (χ0v) is 12.2. The highest BCUT2D eigenvalue weighted by Gasteiger charge is 2.32. The Morgan fingerprint density at radius 2 is 2.10 bits per heavy atom. The van der Waals surface area contributed by atoms with Crippen LogP contribution in [0.5, 0.6) is 0 Å². The van der Waals surface area contributed by atoms with Crippen LogP contribution in [0.25, 0.3) is 0 Å². The van der Waals surface area contributed by atoms with Crippen molar-refractivity contribution in [2.24, 2.45) is 0 Å². The first-order valence-electron chi connectivity index (χ1n) is 5.99. The van der Waals surface area contributed by atoms with Gasteiger partial charge in [0.25, 0.3) is 0 Å². The maximum absolute atomic E-state index is 13.5. The third kappa shape index (κ3) is 3.10. The summed E-state index contributed by atoms with van der Waals surface area (Å²) in [4.78, 5) is -0.576. The zero-order valence-electron chi connectivity index (χ0n) is 10.5. The summed E-state index contributed by atoms with van der Waals surface area (Å²) in [5.41, 5.74) is 5.54. The number of benzene rings is 1. The fraction of sp³-hybridized carbons (Fsp3) is 0.455. The van der Waals surface area contributed by atoms with E-state index >= 15 is 0 Å². The van der Waals surface area contributed by atoms with Gasteiger partial charge in [-0.2, -0.15) is 0 Å². The number of anilines is 1. The van der Waals surface area contributed by atoms with Gasteiger partial charge in [0, 0.05) is 12.2 Å². The Morgan fingerprint density at radius 1 is 1.40 bits per heavy atom. The van der Waals surface area contributed by atoms with Crippen LogP contribution in [0.3, 0.4) is 0 Å². The number of sulfonamides is 1. The van der Waals surface area contributed by atoms with Gasteiger partial charge in [0.05, 0.1) is 11.0 Å². The maximum atomic E-state index is 13.5. The molecule has 1 atom stereocenters. The first-order chi connectivity index (χ1) is 9.22. The lowest BCUT2D eigenvalue weighted by atomic mass is 10.2. The number of hydrogen-bond acceptors (Lipinski definition) is 5. The van der Waals surface area contributed by atoms with Gasteiger partial charge in [0.2, 0.25) is 10.0 Å².